The van der Waals surface area contributed by atoms with Gasteiger partial charge in [0.1, 0.15) is 11.2 Å². The standard InChI is InChI=1S/C19H15BClN3O2/c21-13-5-6-16-17(9-13)26-19(24-16)23-14-7-8-20(10-14)18(25)15-4-2-1-3-12(15)11-22/h1-6,9,14H,7-8,10H2,(H,23,24). The number of aromatic nitrogens is 1. The average molecular weight is 364 g/mol. The third kappa shape index (κ3) is 3.18. The Bertz CT molecular complexity index is 1030. The lowest BCUT2D eigenvalue weighted by Crippen LogP contribution is -2.25. The molecule has 1 atom stereocenters. The smallest absolute Gasteiger partial charge is 0.295 e. The van der Waals surface area contributed by atoms with Crippen LogP contribution < -0.4 is 5.32 Å². The third-order valence-electron chi connectivity index (χ3n) is 4.79. The Morgan fingerprint density at radius 1 is 1.35 bits per heavy atom. The normalized spacial score (nSPS) is 16.6. The van der Waals surface area contributed by atoms with Crippen molar-refractivity contribution in [3.63, 3.8) is 0 Å². The van der Waals surface area contributed by atoms with Crippen LogP contribution in [-0.2, 0) is 0 Å². The van der Waals surface area contributed by atoms with Gasteiger partial charge in [-0.3, -0.25) is 0 Å². The molecule has 3 aromatic rings. The first-order chi connectivity index (χ1) is 12.6. The predicted octanol–water partition coefficient (Wildman–Crippen LogP) is 4.45. The number of rotatable bonds is 4. The predicted molar refractivity (Wildman–Crippen MR) is 102 cm³/mol. The van der Waals surface area contributed by atoms with E-state index in [2.05, 4.69) is 16.4 Å². The number of oxazole rings is 1. The van der Waals surface area contributed by atoms with Crippen LogP contribution in [0.5, 0.6) is 0 Å². The Labute approximate surface area is 156 Å². The van der Waals surface area contributed by atoms with Gasteiger partial charge < -0.3 is 14.5 Å². The summed E-state index contributed by atoms with van der Waals surface area (Å²) in [6, 6.07) is 14.9. The Morgan fingerprint density at radius 2 is 2.19 bits per heavy atom. The van der Waals surface area contributed by atoms with E-state index in [0.717, 1.165) is 18.3 Å². The van der Waals surface area contributed by atoms with Crippen LogP contribution in [0.1, 0.15) is 22.3 Å². The van der Waals surface area contributed by atoms with Gasteiger partial charge in [-0.05, 0) is 30.9 Å². The number of fused-ring (bicyclic) bond motifs is 1. The van der Waals surface area contributed by atoms with E-state index in [1.54, 1.807) is 36.4 Å². The van der Waals surface area contributed by atoms with Crippen molar-refractivity contribution in [3.8, 4) is 6.07 Å². The minimum absolute atomic E-state index is 0.0378. The van der Waals surface area contributed by atoms with Crippen molar-refractivity contribution in [1.29, 1.82) is 5.26 Å². The fourth-order valence-corrected chi connectivity index (χ4v) is 3.66. The van der Waals surface area contributed by atoms with Gasteiger partial charge in [0.2, 0.25) is 6.71 Å². The molecule has 1 aromatic heterocycles. The van der Waals surface area contributed by atoms with E-state index in [0.29, 0.717) is 34.1 Å². The summed E-state index contributed by atoms with van der Waals surface area (Å²) in [6.45, 7) is -0.0965. The van der Waals surface area contributed by atoms with Crippen LogP contribution in [0.4, 0.5) is 6.01 Å². The molecule has 0 saturated carbocycles. The second-order valence-electron chi connectivity index (χ2n) is 6.50. The maximum absolute atomic E-state index is 12.8. The summed E-state index contributed by atoms with van der Waals surface area (Å²) in [4.78, 5) is 17.2. The molecule has 0 spiro atoms. The van der Waals surface area contributed by atoms with Gasteiger partial charge in [-0.25, -0.2) is 0 Å². The number of nitriles is 1. The summed E-state index contributed by atoms with van der Waals surface area (Å²) >= 11 is 5.97. The lowest BCUT2D eigenvalue weighted by atomic mass is 9.43. The number of anilines is 1. The van der Waals surface area contributed by atoms with Gasteiger partial charge in [0.25, 0.3) is 6.01 Å². The zero-order valence-electron chi connectivity index (χ0n) is 13.9. The fourth-order valence-electron chi connectivity index (χ4n) is 3.50. The highest BCUT2D eigenvalue weighted by Gasteiger charge is 2.35. The zero-order chi connectivity index (χ0) is 18.1. The van der Waals surface area contributed by atoms with Crippen molar-refractivity contribution in [2.45, 2.75) is 25.1 Å². The summed E-state index contributed by atoms with van der Waals surface area (Å²) in [7, 11) is 0. The second-order valence-corrected chi connectivity index (χ2v) is 6.94. The van der Waals surface area contributed by atoms with Gasteiger partial charge in [0.05, 0.1) is 11.6 Å². The highest BCUT2D eigenvalue weighted by molar-refractivity contribution is 6.93. The summed E-state index contributed by atoms with van der Waals surface area (Å²) in [5.74, 6) is 0. The quantitative estimate of drug-likeness (QED) is 0.693. The molecule has 1 unspecified atom stereocenters. The number of halogens is 1. The van der Waals surface area contributed by atoms with Crippen LogP contribution in [0.2, 0.25) is 17.7 Å². The molecule has 0 radical (unpaired) electrons. The Hall–Kier alpha value is -2.78. The first-order valence-electron chi connectivity index (χ1n) is 8.50. The fraction of sp³-hybridized carbons (Fsp3) is 0.211. The highest BCUT2D eigenvalue weighted by atomic mass is 35.5. The van der Waals surface area contributed by atoms with Crippen molar-refractivity contribution in [1.82, 2.24) is 4.98 Å². The SMILES string of the molecule is N#Cc1ccccc1C(=O)B1CCC(Nc2nc3ccc(Cl)cc3o2)C1. The third-order valence-corrected chi connectivity index (χ3v) is 5.03. The monoisotopic (exact) mass is 363 g/mol. The Balaban J connectivity index is 1.46. The molecule has 1 aliphatic rings. The van der Waals surface area contributed by atoms with Crippen LogP contribution in [0.15, 0.2) is 46.9 Å². The Kier molecular flexibility index (Phi) is 4.40. The maximum atomic E-state index is 12.8. The van der Waals surface area contributed by atoms with Crippen LogP contribution in [0, 0.1) is 11.3 Å². The number of carbonyl (C=O) groups is 1. The van der Waals surface area contributed by atoms with E-state index >= 15 is 0 Å². The summed E-state index contributed by atoms with van der Waals surface area (Å²) in [5.41, 5.74) is 2.36. The molecule has 2 heterocycles. The van der Waals surface area contributed by atoms with Crippen LogP contribution >= 0.6 is 11.6 Å². The lowest BCUT2D eigenvalue weighted by Gasteiger charge is -2.10. The molecule has 1 saturated heterocycles. The molecule has 7 heteroatoms. The molecule has 4 rings (SSSR count). The molecule has 1 N–H and O–H groups in total. The first-order valence-corrected chi connectivity index (χ1v) is 8.88. The molecule has 0 amide bonds. The molecule has 1 aliphatic heterocycles. The first kappa shape index (κ1) is 16.7. The second kappa shape index (κ2) is 6.85. The van der Waals surface area contributed by atoms with Gasteiger partial charge >= 0.3 is 0 Å². The molecule has 1 fully saturated rings. The molecule has 128 valence electrons. The number of benzene rings is 2. The van der Waals surface area contributed by atoms with Gasteiger partial charge in [-0.1, -0.05) is 36.1 Å². The lowest BCUT2D eigenvalue weighted by molar-refractivity contribution is 0.107. The minimum Gasteiger partial charge on any atom is -0.423 e. The summed E-state index contributed by atoms with van der Waals surface area (Å²) < 4.78 is 5.69. The molecule has 2 aromatic carbocycles. The molecular formula is C19H15BClN3O2. The molecule has 5 nitrogen and oxygen atoms in total. The van der Waals surface area contributed by atoms with Crippen molar-refractivity contribution in [2.24, 2.45) is 0 Å². The van der Waals surface area contributed by atoms with Gasteiger partial charge in [0, 0.05) is 22.7 Å². The van der Waals surface area contributed by atoms with E-state index in [1.807, 2.05) is 6.07 Å². The van der Waals surface area contributed by atoms with Crippen molar-refractivity contribution in [2.75, 3.05) is 5.32 Å². The summed E-state index contributed by atoms with van der Waals surface area (Å²) in [5, 5.41) is 13.1. The largest absolute Gasteiger partial charge is 0.423 e. The number of nitrogens with one attached hydrogen (secondary N) is 1. The maximum Gasteiger partial charge on any atom is 0.295 e. The van der Waals surface area contributed by atoms with Crippen LogP contribution in [-0.4, -0.2) is 23.4 Å². The van der Waals surface area contributed by atoms with Crippen molar-refractivity contribution < 1.29 is 9.21 Å². The van der Waals surface area contributed by atoms with Gasteiger partial charge in [0.15, 0.2) is 5.58 Å². The van der Waals surface area contributed by atoms with E-state index in [4.69, 9.17) is 16.0 Å². The number of hydrogen-bond donors (Lipinski definition) is 1. The van der Waals surface area contributed by atoms with E-state index in [1.165, 1.54) is 0 Å². The topological polar surface area (TPSA) is 78.9 Å². The van der Waals surface area contributed by atoms with E-state index in [9.17, 15) is 10.1 Å². The number of nitrogens with zero attached hydrogens (tertiary/aromatic N) is 2. The average Bonchev–Trinajstić information content (AvgIpc) is 3.27. The number of hydrogen-bond acceptors (Lipinski definition) is 5. The number of carbonyl (C=O) groups excluding carboxylic acids is 1. The molecule has 0 aliphatic carbocycles. The molecule has 0 bridgehead atoms. The van der Waals surface area contributed by atoms with Crippen molar-refractivity contribution in [3.05, 3.63) is 58.6 Å². The Morgan fingerprint density at radius 3 is 3.04 bits per heavy atom. The van der Waals surface area contributed by atoms with E-state index < -0.39 is 0 Å². The zero-order valence-corrected chi connectivity index (χ0v) is 14.7. The molecular weight excluding hydrogens is 348 g/mol. The molecule has 26 heavy (non-hydrogen) atoms. The highest BCUT2D eigenvalue weighted by Crippen LogP contribution is 2.29. The van der Waals surface area contributed by atoms with Gasteiger partial charge in [-0.2, -0.15) is 10.2 Å². The van der Waals surface area contributed by atoms with Crippen LogP contribution in [0.3, 0.4) is 0 Å². The van der Waals surface area contributed by atoms with Gasteiger partial charge in [-0.15, -0.1) is 0 Å². The summed E-state index contributed by atoms with van der Waals surface area (Å²) in [6.07, 6.45) is 2.32. The van der Waals surface area contributed by atoms with Crippen LogP contribution in [0.25, 0.3) is 11.1 Å². The minimum atomic E-state index is -0.0965. The van der Waals surface area contributed by atoms with E-state index in [-0.39, 0.29) is 18.4 Å². The van der Waals surface area contributed by atoms with Crippen molar-refractivity contribution >= 4 is 41.1 Å².